The Morgan fingerprint density at radius 3 is 1.78 bits per heavy atom. The van der Waals surface area contributed by atoms with Gasteiger partial charge in [-0.2, -0.15) is 23.5 Å². The molecular weight excluding hydrogens is 981 g/mol. The second-order valence-corrected chi connectivity index (χ2v) is 22.8. The zero-order valence-corrected chi connectivity index (χ0v) is 44.4. The number of nitrogens with zero attached hydrogens (tertiary/aromatic N) is 1. The van der Waals surface area contributed by atoms with Gasteiger partial charge in [-0.15, -0.1) is 0 Å². The van der Waals surface area contributed by atoms with Crippen LogP contribution in [-0.4, -0.2) is 141 Å². The molecule has 20 nitrogen and oxygen atoms in total. The summed E-state index contributed by atoms with van der Waals surface area (Å²) in [7, 11) is 0. The lowest BCUT2D eigenvalue weighted by Crippen LogP contribution is -2.77. The van der Waals surface area contributed by atoms with E-state index >= 15 is 0 Å². The van der Waals surface area contributed by atoms with E-state index < -0.39 is 107 Å². The highest BCUT2D eigenvalue weighted by Gasteiger charge is 2.69. The number of nitrogens with one attached hydrogen (secondary N) is 6. The van der Waals surface area contributed by atoms with E-state index in [1.54, 1.807) is 102 Å². The number of carboxylic acid groups (broad SMARTS) is 1. The average molecular weight is 1050 g/mol. The molecule has 2 aromatic carbocycles. The molecule has 0 aliphatic heterocycles. The van der Waals surface area contributed by atoms with Crippen molar-refractivity contribution >= 4 is 87.9 Å². The molecule has 6 rings (SSSR count). The molecule has 3 aromatic rings. The van der Waals surface area contributed by atoms with Crippen LogP contribution in [0.15, 0.2) is 60.8 Å². The fraction of sp³-hybridized carbons (Fsp3) is 0.549. The average Bonchev–Trinajstić information content (AvgIpc) is 3.66. The van der Waals surface area contributed by atoms with Crippen LogP contribution < -0.4 is 37.6 Å². The number of benzene rings is 2. The Bertz CT molecular complexity index is 2500. The molecule has 3 saturated carbocycles. The fourth-order valence-electron chi connectivity index (χ4n) is 8.89. The molecule has 1 aromatic heterocycles. The van der Waals surface area contributed by atoms with Crippen LogP contribution in [0.4, 0.5) is 4.79 Å². The Labute approximate surface area is 433 Å². The topological polar surface area (TPSA) is 295 Å². The number of carboxylic acids is 1. The third-order valence-electron chi connectivity index (χ3n) is 12.2. The zero-order valence-electron chi connectivity index (χ0n) is 42.7. The van der Waals surface area contributed by atoms with Crippen LogP contribution in [0, 0.1) is 5.41 Å². The van der Waals surface area contributed by atoms with Crippen molar-refractivity contribution < 1.29 is 57.7 Å². The van der Waals surface area contributed by atoms with Crippen molar-refractivity contribution in [3.05, 3.63) is 71.9 Å². The highest BCUT2D eigenvalue weighted by Crippen LogP contribution is 2.65. The third kappa shape index (κ3) is 16.4. The smallest absolute Gasteiger partial charge is 0.419 e. The second-order valence-electron chi connectivity index (χ2n) is 20.8. The first kappa shape index (κ1) is 57.8. The maximum Gasteiger partial charge on any atom is 0.419 e. The van der Waals surface area contributed by atoms with Gasteiger partial charge in [0.2, 0.25) is 35.4 Å². The lowest BCUT2D eigenvalue weighted by molar-refractivity contribution is -0.173. The first-order valence-corrected chi connectivity index (χ1v) is 26.9. The Hall–Kier alpha value is -6.13. The van der Waals surface area contributed by atoms with Gasteiger partial charge in [-0.3, -0.25) is 38.1 Å². The molecule has 2 bridgehead atoms. The summed E-state index contributed by atoms with van der Waals surface area (Å²) in [5.74, 6) is -5.82. The minimum Gasteiger partial charge on any atom is -0.480 e. The number of aliphatic carboxylic acids is 1. The predicted molar refractivity (Wildman–Crippen MR) is 277 cm³/mol. The summed E-state index contributed by atoms with van der Waals surface area (Å²) >= 11 is 2.83. The van der Waals surface area contributed by atoms with Crippen molar-refractivity contribution in [3.63, 3.8) is 0 Å². The summed E-state index contributed by atoms with van der Waals surface area (Å²) in [5, 5.41) is 26.4. The van der Waals surface area contributed by atoms with Gasteiger partial charge >= 0.3 is 18.0 Å². The lowest BCUT2D eigenvalue weighted by atomic mass is 9.39. The Morgan fingerprint density at radius 1 is 0.671 bits per heavy atom. The number of nitrogens with two attached hydrogens (primary N) is 1. The van der Waals surface area contributed by atoms with Gasteiger partial charge in [0, 0.05) is 30.0 Å². The number of fused-ring (bicyclic) bond motifs is 1. The van der Waals surface area contributed by atoms with Crippen LogP contribution in [0.1, 0.15) is 91.2 Å². The van der Waals surface area contributed by atoms with E-state index in [0.717, 1.165) is 0 Å². The van der Waals surface area contributed by atoms with E-state index in [-0.39, 0.29) is 37.1 Å². The highest BCUT2D eigenvalue weighted by molar-refractivity contribution is 7.98. The third-order valence-corrected chi connectivity index (χ3v) is 13.5. The SMILES string of the molecule is CSCC[C@H](NC(=O)[C@H](Cc1cn(C(=O)OC(C)(C)C)c2ccccc12)NC(=O)CNC(=O)[C@H](CCSC)NC(=O)C12CC(N)(C1)C2)C(=O)N[C@@H](CC(=O)OC(C)(C)C)C(=O)N[C@@H](Cc1ccccc1)C(=O)O. The molecule has 9 N–H and O–H groups in total. The van der Waals surface area contributed by atoms with Gasteiger partial charge in [0.25, 0.3) is 0 Å². The van der Waals surface area contributed by atoms with E-state index in [2.05, 4.69) is 31.9 Å². The minimum absolute atomic E-state index is 0.00332. The van der Waals surface area contributed by atoms with Gasteiger partial charge in [-0.25, -0.2) is 9.59 Å². The molecule has 3 aliphatic rings. The molecule has 0 unspecified atom stereocenters. The molecule has 22 heteroatoms. The number of hydrogen-bond donors (Lipinski definition) is 8. The molecule has 0 radical (unpaired) electrons. The van der Waals surface area contributed by atoms with Gasteiger partial charge in [-0.1, -0.05) is 48.5 Å². The molecule has 0 saturated heterocycles. The normalized spacial score (nSPS) is 19.0. The van der Waals surface area contributed by atoms with Crippen LogP contribution in [0.2, 0.25) is 0 Å². The zero-order chi connectivity index (χ0) is 53.9. The van der Waals surface area contributed by atoms with Gasteiger partial charge in [0.1, 0.15) is 41.4 Å². The van der Waals surface area contributed by atoms with Crippen molar-refractivity contribution in [2.75, 3.05) is 30.6 Å². The van der Waals surface area contributed by atoms with Gasteiger partial charge in [0.15, 0.2) is 0 Å². The summed E-state index contributed by atoms with van der Waals surface area (Å²) in [6.07, 6.45) is 5.27. The van der Waals surface area contributed by atoms with Crippen LogP contribution in [-0.2, 0) is 60.7 Å². The fourth-order valence-corrected chi connectivity index (χ4v) is 9.84. The van der Waals surface area contributed by atoms with Crippen LogP contribution in [0.3, 0.4) is 0 Å². The quantitative estimate of drug-likeness (QED) is 0.0566. The van der Waals surface area contributed by atoms with Gasteiger partial charge in [0.05, 0.1) is 23.9 Å². The molecular formula is C51H70N8O12S2. The van der Waals surface area contributed by atoms with Crippen molar-refractivity contribution in [1.29, 1.82) is 0 Å². The van der Waals surface area contributed by atoms with E-state index in [4.69, 9.17) is 15.2 Å². The summed E-state index contributed by atoms with van der Waals surface area (Å²) in [5.41, 5.74) is 4.89. The maximum atomic E-state index is 14.6. The number of thioether (sulfide) groups is 2. The van der Waals surface area contributed by atoms with Gasteiger partial charge < -0.3 is 52.2 Å². The van der Waals surface area contributed by atoms with Gasteiger partial charge in [-0.05, 0) is 115 Å². The number of para-hydroxylation sites is 1. The number of carbonyl (C=O) groups is 9. The second kappa shape index (κ2) is 24.7. The lowest BCUT2D eigenvalue weighted by Gasteiger charge is -2.67. The van der Waals surface area contributed by atoms with E-state index in [1.165, 1.54) is 34.3 Å². The molecule has 3 fully saturated rings. The molecule has 398 valence electrons. The van der Waals surface area contributed by atoms with E-state index in [1.807, 2.05) is 6.26 Å². The Kier molecular flexibility index (Phi) is 19.6. The summed E-state index contributed by atoms with van der Waals surface area (Å²) in [4.78, 5) is 123. The number of esters is 1. The van der Waals surface area contributed by atoms with Crippen LogP contribution in [0.25, 0.3) is 10.9 Å². The Balaban J connectivity index is 1.40. The number of carbonyl (C=O) groups excluding carboxylic acids is 8. The maximum absolute atomic E-state index is 14.6. The van der Waals surface area contributed by atoms with Crippen molar-refractivity contribution in [1.82, 2.24) is 36.5 Å². The van der Waals surface area contributed by atoms with Crippen molar-refractivity contribution in [3.8, 4) is 0 Å². The molecule has 0 spiro atoms. The number of amides is 6. The summed E-state index contributed by atoms with van der Waals surface area (Å²) in [6.45, 7) is 9.38. The largest absolute Gasteiger partial charge is 0.480 e. The van der Waals surface area contributed by atoms with Crippen LogP contribution in [0.5, 0.6) is 0 Å². The number of rotatable bonds is 25. The van der Waals surface area contributed by atoms with E-state index in [9.17, 15) is 48.3 Å². The first-order chi connectivity index (χ1) is 34.2. The first-order valence-electron chi connectivity index (χ1n) is 24.1. The van der Waals surface area contributed by atoms with Crippen LogP contribution >= 0.6 is 23.5 Å². The summed E-state index contributed by atoms with van der Waals surface area (Å²) in [6, 6.07) is 8.51. The van der Waals surface area contributed by atoms with Crippen molar-refractivity contribution in [2.24, 2.45) is 11.1 Å². The molecule has 3 aliphatic carbocycles. The molecule has 5 atom stereocenters. The number of aromatic nitrogens is 1. The standard InChI is InChI=1S/C51H70N8O12S2/c1-48(2,3)70-40(61)24-36(44(65)57-37(45(66)67)22-30-14-10-9-11-15-30)56-42(63)34(19-21-73-8)55-43(64)35(23-31-26-59(47(69)71-49(4,5)6)38-17-13-12-16-32(31)38)54-39(60)25-53-41(62)33(18-20-72-7)58-46(68)50-27-51(52,28-50)29-50/h9-17,26,33-37H,18-25,27-29,52H2,1-8H3,(H,53,62)(H,54,60)(H,55,64)(H,56,63)(H,57,65)(H,58,68)(H,66,67)/t33-,34-,35-,36-,37-,50?,51?/m0/s1. The summed E-state index contributed by atoms with van der Waals surface area (Å²) < 4.78 is 12.4. The molecule has 6 amide bonds. The number of ether oxygens (including phenoxy) is 2. The molecule has 73 heavy (non-hydrogen) atoms. The van der Waals surface area contributed by atoms with Crippen molar-refractivity contribution in [2.45, 2.75) is 140 Å². The monoisotopic (exact) mass is 1050 g/mol. The molecule has 1 heterocycles. The predicted octanol–water partition coefficient (Wildman–Crippen LogP) is 2.95. The number of hydrogen-bond acceptors (Lipinski definition) is 14. The highest BCUT2D eigenvalue weighted by atomic mass is 32.2. The minimum atomic E-state index is -1.66. The van der Waals surface area contributed by atoms with E-state index in [0.29, 0.717) is 52.8 Å². The Morgan fingerprint density at radius 2 is 1.21 bits per heavy atom.